The molecule has 0 aliphatic heterocycles. The Morgan fingerprint density at radius 1 is 0.333 bits per heavy atom. The minimum absolute atomic E-state index is 0.120. The van der Waals surface area contributed by atoms with E-state index in [0.29, 0.717) is 24.3 Å². The lowest BCUT2D eigenvalue weighted by Gasteiger charge is -2.19. The summed E-state index contributed by atoms with van der Waals surface area (Å²) in [6.45, 7) is 0. The molecular formula is C26H8F10. The van der Waals surface area contributed by atoms with Gasteiger partial charge in [0.15, 0.2) is 46.5 Å². The number of rotatable bonds is 2. The van der Waals surface area contributed by atoms with Gasteiger partial charge >= 0.3 is 0 Å². The lowest BCUT2D eigenvalue weighted by molar-refractivity contribution is 0.381. The third-order valence-corrected chi connectivity index (χ3v) is 5.79. The van der Waals surface area contributed by atoms with E-state index in [2.05, 4.69) is 0 Å². The molecule has 36 heavy (non-hydrogen) atoms. The van der Waals surface area contributed by atoms with Crippen LogP contribution in [0.25, 0.3) is 43.8 Å². The first-order valence-corrected chi connectivity index (χ1v) is 10.0. The third-order valence-electron chi connectivity index (χ3n) is 5.79. The van der Waals surface area contributed by atoms with Crippen molar-refractivity contribution in [2.75, 3.05) is 0 Å². The second kappa shape index (κ2) is 8.25. The quantitative estimate of drug-likeness (QED) is 0.0965. The minimum Gasteiger partial charge on any atom is -0.207 e. The van der Waals surface area contributed by atoms with Gasteiger partial charge in [-0.25, -0.2) is 43.9 Å². The molecule has 0 atom stereocenters. The summed E-state index contributed by atoms with van der Waals surface area (Å²) in [5, 5.41) is -1.54. The fourth-order valence-electron chi connectivity index (χ4n) is 4.25. The van der Waals surface area contributed by atoms with Crippen molar-refractivity contribution < 1.29 is 43.9 Å². The number of fused-ring (bicyclic) bond motifs is 2. The van der Waals surface area contributed by atoms with Crippen LogP contribution in [-0.4, -0.2) is 0 Å². The van der Waals surface area contributed by atoms with E-state index < -0.39 is 80.1 Å². The Morgan fingerprint density at radius 3 is 1.42 bits per heavy atom. The van der Waals surface area contributed by atoms with Gasteiger partial charge in [0.2, 0.25) is 5.82 Å². The van der Waals surface area contributed by atoms with Gasteiger partial charge in [-0.3, -0.25) is 0 Å². The number of benzene rings is 5. The van der Waals surface area contributed by atoms with Crippen molar-refractivity contribution in [1.82, 2.24) is 0 Å². The van der Waals surface area contributed by atoms with Crippen molar-refractivity contribution in [3.63, 3.8) is 0 Å². The van der Waals surface area contributed by atoms with Crippen LogP contribution in [0, 0.1) is 58.2 Å². The lowest BCUT2D eigenvalue weighted by atomic mass is 9.85. The van der Waals surface area contributed by atoms with E-state index in [1.807, 2.05) is 0 Å². The maximum atomic E-state index is 14.9. The van der Waals surface area contributed by atoms with Crippen molar-refractivity contribution in [2.24, 2.45) is 0 Å². The van der Waals surface area contributed by atoms with Crippen molar-refractivity contribution in [3.8, 4) is 22.3 Å². The Balaban J connectivity index is 2.10. The van der Waals surface area contributed by atoms with Gasteiger partial charge in [-0.15, -0.1) is 0 Å². The van der Waals surface area contributed by atoms with Crippen LogP contribution in [0.15, 0.2) is 48.5 Å². The monoisotopic (exact) mass is 510 g/mol. The predicted octanol–water partition coefficient (Wildman–Crippen LogP) is 8.72. The smallest absolute Gasteiger partial charge is 0.200 e. The molecule has 0 aromatic heterocycles. The first kappa shape index (κ1) is 23.7. The number of hydrogen-bond acceptors (Lipinski definition) is 0. The standard InChI is InChI=1S/C26H8F10/c27-10-2-3-11-12(6-10)20(21-22(32)24(34)26(36)25(35)23(21)33)14-8-18(31)17(30)7-13(14)19(11)9-1-4-15(28)16(29)5-9/h1-8H. The predicted molar refractivity (Wildman–Crippen MR) is 112 cm³/mol. The molecule has 5 aromatic rings. The second-order valence-corrected chi connectivity index (χ2v) is 7.83. The molecule has 0 radical (unpaired) electrons. The largest absolute Gasteiger partial charge is 0.207 e. The maximum Gasteiger partial charge on any atom is 0.200 e. The Labute approximate surface area is 195 Å². The summed E-state index contributed by atoms with van der Waals surface area (Å²) in [5.74, 6) is -18.3. The van der Waals surface area contributed by atoms with E-state index >= 15 is 0 Å². The zero-order valence-corrected chi connectivity index (χ0v) is 17.4. The summed E-state index contributed by atoms with van der Waals surface area (Å²) < 4.78 is 142. The molecule has 0 bridgehead atoms. The molecule has 0 nitrogen and oxygen atoms in total. The van der Waals surface area contributed by atoms with Gasteiger partial charge in [-0.2, -0.15) is 0 Å². The first-order valence-electron chi connectivity index (χ1n) is 10.0. The van der Waals surface area contributed by atoms with Crippen molar-refractivity contribution in [3.05, 3.63) is 107 Å². The lowest BCUT2D eigenvalue weighted by Crippen LogP contribution is -2.05. The average Bonchev–Trinajstić information content (AvgIpc) is 2.84. The zero-order valence-electron chi connectivity index (χ0n) is 17.4. The van der Waals surface area contributed by atoms with Crippen LogP contribution >= 0.6 is 0 Å². The molecule has 0 heterocycles. The van der Waals surface area contributed by atoms with Crippen LogP contribution in [0.5, 0.6) is 0 Å². The highest BCUT2D eigenvalue weighted by Crippen LogP contribution is 2.46. The molecule has 0 N–H and O–H groups in total. The molecular weight excluding hydrogens is 502 g/mol. The second-order valence-electron chi connectivity index (χ2n) is 7.83. The molecule has 5 rings (SSSR count). The summed E-state index contributed by atoms with van der Waals surface area (Å²) in [6, 6.07) is 6.10. The topological polar surface area (TPSA) is 0 Å². The van der Waals surface area contributed by atoms with Gasteiger partial charge in [0, 0.05) is 5.56 Å². The van der Waals surface area contributed by atoms with Crippen LogP contribution in [0.3, 0.4) is 0 Å². The Bertz CT molecular complexity index is 1710. The summed E-state index contributed by atoms with van der Waals surface area (Å²) in [5.41, 5.74) is -2.58. The molecule has 10 heteroatoms. The zero-order chi connectivity index (χ0) is 26.0. The van der Waals surface area contributed by atoms with Crippen molar-refractivity contribution in [2.45, 2.75) is 0 Å². The molecule has 0 saturated heterocycles. The highest BCUT2D eigenvalue weighted by atomic mass is 19.2. The van der Waals surface area contributed by atoms with E-state index in [4.69, 9.17) is 0 Å². The fraction of sp³-hybridized carbons (Fsp3) is 0. The molecule has 0 spiro atoms. The normalized spacial score (nSPS) is 11.6. The summed E-state index contributed by atoms with van der Waals surface area (Å²) in [6.07, 6.45) is 0. The molecule has 5 aromatic carbocycles. The average molecular weight is 510 g/mol. The van der Waals surface area contributed by atoms with Crippen LogP contribution in [0.1, 0.15) is 0 Å². The van der Waals surface area contributed by atoms with Gasteiger partial charge in [0.05, 0.1) is 5.56 Å². The third kappa shape index (κ3) is 3.39. The molecule has 0 aliphatic rings. The number of halogens is 10. The van der Waals surface area contributed by atoms with Crippen LogP contribution in [0.4, 0.5) is 43.9 Å². The van der Waals surface area contributed by atoms with Gasteiger partial charge < -0.3 is 0 Å². The van der Waals surface area contributed by atoms with Crippen molar-refractivity contribution in [1.29, 1.82) is 0 Å². The van der Waals surface area contributed by atoms with Crippen LogP contribution in [0.2, 0.25) is 0 Å². The van der Waals surface area contributed by atoms with Gasteiger partial charge in [-0.05, 0) is 69.1 Å². The maximum absolute atomic E-state index is 14.9. The molecule has 0 amide bonds. The Kier molecular flexibility index (Phi) is 5.42. The Hall–Kier alpha value is -4.08. The Morgan fingerprint density at radius 2 is 0.833 bits per heavy atom. The SMILES string of the molecule is Fc1ccc2c(-c3ccc(F)c(F)c3)c3cc(F)c(F)cc3c(-c3c(F)c(F)c(F)c(F)c3F)c2c1. The summed E-state index contributed by atoms with van der Waals surface area (Å²) in [7, 11) is 0. The summed E-state index contributed by atoms with van der Waals surface area (Å²) >= 11 is 0. The van der Waals surface area contributed by atoms with E-state index in [1.54, 1.807) is 0 Å². The minimum atomic E-state index is -2.45. The highest BCUT2D eigenvalue weighted by molar-refractivity contribution is 6.21. The molecule has 0 fully saturated rings. The van der Waals surface area contributed by atoms with Crippen LogP contribution < -0.4 is 0 Å². The van der Waals surface area contributed by atoms with Gasteiger partial charge in [-0.1, -0.05) is 12.1 Å². The van der Waals surface area contributed by atoms with E-state index in [0.717, 1.165) is 24.3 Å². The molecule has 0 unspecified atom stereocenters. The van der Waals surface area contributed by atoms with E-state index in [1.165, 1.54) is 0 Å². The molecule has 182 valence electrons. The molecule has 0 aliphatic carbocycles. The highest BCUT2D eigenvalue weighted by Gasteiger charge is 2.30. The van der Waals surface area contributed by atoms with Gasteiger partial charge in [0.1, 0.15) is 5.82 Å². The molecule has 0 saturated carbocycles. The number of hydrogen-bond donors (Lipinski definition) is 0. The van der Waals surface area contributed by atoms with Crippen molar-refractivity contribution >= 4 is 21.5 Å². The first-order chi connectivity index (χ1) is 17.0. The summed E-state index contributed by atoms with van der Waals surface area (Å²) in [4.78, 5) is 0. The van der Waals surface area contributed by atoms with E-state index in [9.17, 15) is 43.9 Å². The van der Waals surface area contributed by atoms with Gasteiger partial charge in [0.25, 0.3) is 0 Å². The van der Waals surface area contributed by atoms with E-state index in [-0.39, 0.29) is 21.9 Å². The fourth-order valence-corrected chi connectivity index (χ4v) is 4.25. The van der Waals surface area contributed by atoms with Crippen LogP contribution in [-0.2, 0) is 0 Å².